The van der Waals surface area contributed by atoms with E-state index in [1.165, 1.54) is 6.07 Å². The second-order valence-electron chi connectivity index (χ2n) is 8.10. The first-order chi connectivity index (χ1) is 17.0. The molecule has 1 aliphatic rings. The molecule has 2 amide bonds. The van der Waals surface area contributed by atoms with Crippen molar-refractivity contribution in [1.82, 2.24) is 24.5 Å². The molecule has 3 heterocycles. The Kier molecular flexibility index (Phi) is 4.64. The van der Waals surface area contributed by atoms with Gasteiger partial charge >= 0.3 is 0 Å². The Labute approximate surface area is 198 Å². The van der Waals surface area contributed by atoms with Gasteiger partial charge in [-0.2, -0.15) is 0 Å². The van der Waals surface area contributed by atoms with Gasteiger partial charge in [-0.25, -0.2) is 9.37 Å². The lowest BCUT2D eigenvalue weighted by Crippen LogP contribution is -2.29. The average Bonchev–Trinajstić information content (AvgIpc) is 3.36. The molecule has 0 fully saturated rings. The zero-order chi connectivity index (χ0) is 24.1. The predicted octanol–water partition coefficient (Wildman–Crippen LogP) is 4.04. The van der Waals surface area contributed by atoms with E-state index in [9.17, 15) is 14.0 Å². The maximum Gasteiger partial charge on any atom is 0.262 e. The summed E-state index contributed by atoms with van der Waals surface area (Å²) in [5.74, 6) is 5.87. The normalized spacial score (nSPS) is 12.8. The molecule has 2 aromatic heterocycles. The van der Waals surface area contributed by atoms with E-state index in [4.69, 9.17) is 0 Å². The molecule has 0 saturated heterocycles. The highest BCUT2D eigenvalue weighted by atomic mass is 19.1. The number of aryl methyl sites for hydroxylation is 1. The number of nitrogens with zero attached hydrogens (tertiary/aromatic N) is 5. The number of amides is 2. The van der Waals surface area contributed by atoms with Gasteiger partial charge < -0.3 is 0 Å². The van der Waals surface area contributed by atoms with Crippen LogP contribution >= 0.6 is 0 Å². The van der Waals surface area contributed by atoms with Crippen LogP contribution in [0.4, 0.5) is 4.39 Å². The first-order valence-corrected chi connectivity index (χ1v) is 10.9. The molecule has 5 aromatic rings. The summed E-state index contributed by atoms with van der Waals surface area (Å²) in [6.45, 7) is 1.78. The van der Waals surface area contributed by atoms with Crippen molar-refractivity contribution in [2.45, 2.75) is 6.92 Å². The molecule has 1 aliphatic heterocycles. The van der Waals surface area contributed by atoms with Gasteiger partial charge in [0.15, 0.2) is 0 Å². The molecule has 0 spiro atoms. The molecule has 3 aromatic carbocycles. The van der Waals surface area contributed by atoms with Crippen LogP contribution in [0.5, 0.6) is 0 Å². The highest BCUT2D eigenvalue weighted by Gasteiger charge is 2.34. The van der Waals surface area contributed by atoms with Gasteiger partial charge in [-0.05, 0) is 49.4 Å². The van der Waals surface area contributed by atoms with Gasteiger partial charge in [0.25, 0.3) is 17.6 Å². The quantitative estimate of drug-likeness (QED) is 0.293. The van der Waals surface area contributed by atoms with E-state index in [-0.39, 0.29) is 18.4 Å². The Morgan fingerprint density at radius 2 is 1.57 bits per heavy atom. The fourth-order valence-electron chi connectivity index (χ4n) is 4.33. The first-order valence-electron chi connectivity index (χ1n) is 10.9. The molecule has 0 atom stereocenters. The lowest BCUT2D eigenvalue weighted by Gasteiger charge is -2.10. The lowest BCUT2D eigenvalue weighted by atomic mass is 10.0. The Morgan fingerprint density at radius 3 is 2.29 bits per heavy atom. The van der Waals surface area contributed by atoms with E-state index in [0.717, 1.165) is 10.4 Å². The molecule has 8 heteroatoms. The maximum absolute atomic E-state index is 14.7. The van der Waals surface area contributed by atoms with Crippen molar-refractivity contribution < 1.29 is 14.0 Å². The molecule has 0 N–H and O–H groups in total. The van der Waals surface area contributed by atoms with E-state index in [1.54, 1.807) is 46.9 Å². The smallest absolute Gasteiger partial charge is 0.262 e. The van der Waals surface area contributed by atoms with Crippen molar-refractivity contribution in [3.8, 4) is 23.1 Å². The number of rotatable bonds is 2. The number of aromatic nitrogens is 4. The third-order valence-corrected chi connectivity index (χ3v) is 5.99. The number of hydrogen-bond donors (Lipinski definition) is 0. The molecule has 7 nitrogen and oxygen atoms in total. The summed E-state index contributed by atoms with van der Waals surface area (Å²) < 4.78 is 16.5. The highest BCUT2D eigenvalue weighted by Crippen LogP contribution is 2.30. The Morgan fingerprint density at radius 1 is 0.886 bits per heavy atom. The van der Waals surface area contributed by atoms with Crippen molar-refractivity contribution in [2.24, 2.45) is 0 Å². The fraction of sp³-hybridized carbons (Fsp3) is 0.0741. The van der Waals surface area contributed by atoms with Crippen LogP contribution in [0.3, 0.4) is 0 Å². The number of fused-ring (bicyclic) bond motifs is 4. The number of halogens is 1. The van der Waals surface area contributed by atoms with E-state index in [1.807, 2.05) is 25.1 Å². The van der Waals surface area contributed by atoms with Crippen LogP contribution in [-0.2, 0) is 0 Å². The highest BCUT2D eigenvalue weighted by molar-refractivity contribution is 6.21. The second-order valence-corrected chi connectivity index (χ2v) is 8.10. The molecule has 0 radical (unpaired) electrons. The van der Waals surface area contributed by atoms with Crippen molar-refractivity contribution >= 4 is 28.5 Å². The standard InChI is InChI=1S/C27H16FN5O2/c1-16-30-31-27-29-24(20-10-4-5-11-22(20)28)21-15-17(12-13-23(21)33(16)27)7-6-14-32-25(34)18-8-2-3-9-19(18)26(32)35/h2-5,8-13,15H,14H2,1H3. The van der Waals surface area contributed by atoms with Crippen molar-refractivity contribution in [2.75, 3.05) is 6.54 Å². The second kappa shape index (κ2) is 7.85. The molecule has 168 valence electrons. The SMILES string of the molecule is Cc1nnc2nc(-c3ccccc3F)c3cc(C#CCN4C(=O)c5ccccc5C4=O)ccc3n12. The van der Waals surface area contributed by atoms with E-state index < -0.39 is 5.82 Å². The first kappa shape index (κ1) is 20.7. The monoisotopic (exact) mass is 461 g/mol. The number of imide groups is 1. The zero-order valence-corrected chi connectivity index (χ0v) is 18.5. The van der Waals surface area contributed by atoms with Gasteiger partial charge in [-0.3, -0.25) is 18.9 Å². The van der Waals surface area contributed by atoms with Crippen LogP contribution < -0.4 is 0 Å². The predicted molar refractivity (Wildman–Crippen MR) is 127 cm³/mol. The zero-order valence-electron chi connectivity index (χ0n) is 18.5. The van der Waals surface area contributed by atoms with Gasteiger partial charge in [0, 0.05) is 16.5 Å². The average molecular weight is 461 g/mol. The summed E-state index contributed by atoms with van der Waals surface area (Å²) in [7, 11) is 0. The molecule has 6 rings (SSSR count). The van der Waals surface area contributed by atoms with E-state index in [2.05, 4.69) is 27.0 Å². The van der Waals surface area contributed by atoms with Crippen molar-refractivity contribution in [1.29, 1.82) is 0 Å². The molecule has 35 heavy (non-hydrogen) atoms. The van der Waals surface area contributed by atoms with Gasteiger partial charge in [-0.15, -0.1) is 10.2 Å². The van der Waals surface area contributed by atoms with Crippen LogP contribution in [0, 0.1) is 24.6 Å². The summed E-state index contributed by atoms with van der Waals surface area (Å²) in [6, 6.07) is 18.6. The van der Waals surface area contributed by atoms with Crippen molar-refractivity contribution in [3.63, 3.8) is 0 Å². The fourth-order valence-corrected chi connectivity index (χ4v) is 4.33. The summed E-state index contributed by atoms with van der Waals surface area (Å²) in [4.78, 5) is 30.9. The van der Waals surface area contributed by atoms with Crippen LogP contribution in [0.1, 0.15) is 32.1 Å². The summed E-state index contributed by atoms with van der Waals surface area (Å²) in [5.41, 5.74) is 2.96. The molecule has 0 saturated carbocycles. The summed E-state index contributed by atoms with van der Waals surface area (Å²) in [6.07, 6.45) is 0. The molecule has 0 unspecified atom stereocenters. The van der Waals surface area contributed by atoms with Crippen LogP contribution in [0.15, 0.2) is 66.7 Å². The maximum atomic E-state index is 14.7. The van der Waals surface area contributed by atoms with E-state index >= 15 is 0 Å². The topological polar surface area (TPSA) is 80.5 Å². The van der Waals surface area contributed by atoms with Gasteiger partial charge in [-0.1, -0.05) is 36.1 Å². The Bertz CT molecular complexity index is 1730. The third kappa shape index (κ3) is 3.25. The largest absolute Gasteiger partial charge is 0.269 e. The molecular weight excluding hydrogens is 445 g/mol. The van der Waals surface area contributed by atoms with Gasteiger partial charge in [0.05, 0.1) is 28.9 Å². The molecular formula is C27H16FN5O2. The minimum atomic E-state index is -0.399. The van der Waals surface area contributed by atoms with Crippen LogP contribution in [-0.4, -0.2) is 42.8 Å². The number of benzene rings is 3. The third-order valence-electron chi connectivity index (χ3n) is 5.99. The number of hydrogen-bond acceptors (Lipinski definition) is 5. The Balaban J connectivity index is 1.42. The minimum Gasteiger partial charge on any atom is -0.269 e. The summed E-state index contributed by atoms with van der Waals surface area (Å²) in [5, 5.41) is 8.90. The van der Waals surface area contributed by atoms with Gasteiger partial charge in [0.1, 0.15) is 11.6 Å². The Hall–Kier alpha value is -4.90. The van der Waals surface area contributed by atoms with Crippen LogP contribution in [0.25, 0.3) is 27.9 Å². The van der Waals surface area contributed by atoms with Crippen LogP contribution in [0.2, 0.25) is 0 Å². The van der Waals surface area contributed by atoms with E-state index in [0.29, 0.717) is 44.9 Å². The number of carbonyl (C=O) groups is 2. The lowest BCUT2D eigenvalue weighted by molar-refractivity contribution is 0.0675. The minimum absolute atomic E-state index is 0.0353. The van der Waals surface area contributed by atoms with Gasteiger partial charge in [0.2, 0.25) is 0 Å². The molecule has 0 aliphatic carbocycles. The summed E-state index contributed by atoms with van der Waals surface area (Å²) >= 11 is 0. The number of carbonyl (C=O) groups excluding carboxylic acids is 2. The molecule has 0 bridgehead atoms. The van der Waals surface area contributed by atoms with Crippen molar-refractivity contribution in [3.05, 3.63) is 95.1 Å².